The minimum atomic E-state index is -0.983. The first-order valence-electron chi connectivity index (χ1n) is 3.88. The molecule has 2 N–H and O–H groups in total. The van der Waals surface area contributed by atoms with Crippen molar-refractivity contribution in [1.29, 1.82) is 0 Å². The first kappa shape index (κ1) is 9.61. The predicted octanol–water partition coefficient (Wildman–Crippen LogP) is 2.93. The molecule has 1 aromatic carbocycles. The fourth-order valence-corrected chi connectivity index (χ4v) is 1.96. The molecule has 2 rings (SSSR count). The summed E-state index contributed by atoms with van der Waals surface area (Å²) in [6.45, 7) is 0.219. The van der Waals surface area contributed by atoms with Gasteiger partial charge in [-0.1, -0.05) is 0 Å². The molecule has 0 aliphatic carbocycles. The smallest absolute Gasteiger partial charge is 0.201 e. The van der Waals surface area contributed by atoms with E-state index < -0.39 is 11.6 Å². The molecule has 2 aromatic rings. The van der Waals surface area contributed by atoms with Crippen LogP contribution in [0.15, 0.2) is 21.2 Å². The van der Waals surface area contributed by atoms with E-state index in [9.17, 15) is 8.78 Å². The largest absolute Gasteiger partial charge is 0.461 e. The van der Waals surface area contributed by atoms with Gasteiger partial charge >= 0.3 is 0 Å². The Hall–Kier alpha value is -0.940. The molecule has 1 heterocycles. The lowest BCUT2D eigenvalue weighted by Gasteiger charge is -1.98. The second kappa shape index (κ2) is 3.33. The maximum Gasteiger partial charge on any atom is 0.201 e. The molecule has 1 aromatic heterocycles. The van der Waals surface area contributed by atoms with E-state index in [-0.39, 0.29) is 12.1 Å². The number of hydrogen-bond acceptors (Lipinski definition) is 2. The van der Waals surface area contributed by atoms with Crippen molar-refractivity contribution >= 4 is 26.9 Å². The summed E-state index contributed by atoms with van der Waals surface area (Å²) in [5.41, 5.74) is 5.96. The zero-order chi connectivity index (χ0) is 10.3. The van der Waals surface area contributed by atoms with Gasteiger partial charge in [0.15, 0.2) is 11.4 Å². The molecule has 0 spiro atoms. The van der Waals surface area contributed by atoms with E-state index in [0.29, 0.717) is 15.4 Å². The second-order valence-electron chi connectivity index (χ2n) is 2.82. The van der Waals surface area contributed by atoms with Gasteiger partial charge in [-0.2, -0.15) is 4.39 Å². The van der Waals surface area contributed by atoms with Crippen LogP contribution >= 0.6 is 15.9 Å². The summed E-state index contributed by atoms with van der Waals surface area (Å²) in [7, 11) is 0. The molecule has 0 fully saturated rings. The molecule has 0 unspecified atom stereocenters. The monoisotopic (exact) mass is 261 g/mol. The molecule has 14 heavy (non-hydrogen) atoms. The van der Waals surface area contributed by atoms with Crippen molar-refractivity contribution in [2.75, 3.05) is 0 Å². The summed E-state index contributed by atoms with van der Waals surface area (Å²) in [6, 6.07) is 1.06. The standard InChI is InChI=1S/C9H6BrF2NO/c10-5-1-6(11)8(12)9-7(5)4(2-13)3-14-9/h1,3H,2,13H2. The first-order chi connectivity index (χ1) is 6.65. The average Bonchev–Trinajstić information content (AvgIpc) is 2.58. The van der Waals surface area contributed by atoms with Gasteiger partial charge in [-0.25, -0.2) is 4.39 Å². The van der Waals surface area contributed by atoms with Crippen molar-refractivity contribution in [2.24, 2.45) is 5.73 Å². The Labute approximate surface area is 86.8 Å². The van der Waals surface area contributed by atoms with Crippen LogP contribution in [-0.2, 0) is 6.54 Å². The zero-order valence-corrected chi connectivity index (χ0v) is 8.57. The lowest BCUT2D eigenvalue weighted by molar-refractivity contribution is 0.491. The van der Waals surface area contributed by atoms with Crippen molar-refractivity contribution in [1.82, 2.24) is 0 Å². The number of rotatable bonds is 1. The van der Waals surface area contributed by atoms with Crippen LogP contribution in [-0.4, -0.2) is 0 Å². The van der Waals surface area contributed by atoms with Gasteiger partial charge in [-0.05, 0) is 22.0 Å². The van der Waals surface area contributed by atoms with E-state index in [4.69, 9.17) is 10.2 Å². The van der Waals surface area contributed by atoms with Gasteiger partial charge in [0.25, 0.3) is 0 Å². The normalized spacial score (nSPS) is 11.1. The van der Waals surface area contributed by atoms with E-state index in [1.54, 1.807) is 0 Å². The maximum absolute atomic E-state index is 13.2. The van der Waals surface area contributed by atoms with Crippen LogP contribution in [0.4, 0.5) is 8.78 Å². The van der Waals surface area contributed by atoms with Gasteiger partial charge in [-0.3, -0.25) is 0 Å². The highest BCUT2D eigenvalue weighted by atomic mass is 79.9. The highest BCUT2D eigenvalue weighted by Crippen LogP contribution is 2.32. The van der Waals surface area contributed by atoms with Crippen LogP contribution in [0.2, 0.25) is 0 Å². The van der Waals surface area contributed by atoms with Gasteiger partial charge < -0.3 is 10.2 Å². The summed E-state index contributed by atoms with van der Waals surface area (Å²) in [4.78, 5) is 0. The summed E-state index contributed by atoms with van der Waals surface area (Å²) >= 11 is 3.13. The zero-order valence-electron chi connectivity index (χ0n) is 6.98. The van der Waals surface area contributed by atoms with Crippen molar-refractivity contribution in [3.05, 3.63) is 34.0 Å². The summed E-state index contributed by atoms with van der Waals surface area (Å²) in [6.07, 6.45) is 1.33. The molecule has 2 nitrogen and oxygen atoms in total. The Morgan fingerprint density at radius 3 is 2.79 bits per heavy atom. The van der Waals surface area contributed by atoms with E-state index in [1.165, 1.54) is 6.26 Å². The quantitative estimate of drug-likeness (QED) is 0.802. The van der Waals surface area contributed by atoms with Gasteiger partial charge in [0, 0.05) is 22.0 Å². The Balaban J connectivity index is 2.90. The number of fused-ring (bicyclic) bond motifs is 1. The molecule has 0 atom stereocenters. The lowest BCUT2D eigenvalue weighted by atomic mass is 10.1. The molecule has 0 saturated heterocycles. The highest BCUT2D eigenvalue weighted by Gasteiger charge is 2.16. The highest BCUT2D eigenvalue weighted by molar-refractivity contribution is 9.10. The van der Waals surface area contributed by atoms with E-state index in [0.717, 1.165) is 6.07 Å². The molecule has 74 valence electrons. The number of furan rings is 1. The van der Waals surface area contributed by atoms with E-state index in [1.807, 2.05) is 0 Å². The van der Waals surface area contributed by atoms with Crippen molar-refractivity contribution in [3.63, 3.8) is 0 Å². The first-order valence-corrected chi connectivity index (χ1v) is 4.68. The molecule has 0 amide bonds. The van der Waals surface area contributed by atoms with Crippen LogP contribution in [0, 0.1) is 11.6 Å². The Kier molecular flexibility index (Phi) is 2.28. The summed E-state index contributed by atoms with van der Waals surface area (Å²) in [5.74, 6) is -1.93. The number of benzene rings is 1. The van der Waals surface area contributed by atoms with Crippen LogP contribution < -0.4 is 5.73 Å². The molecule has 5 heteroatoms. The SMILES string of the molecule is NCc1coc2c(F)c(F)cc(Br)c12. The van der Waals surface area contributed by atoms with Gasteiger partial charge in [0.05, 0.1) is 6.26 Å². The summed E-state index contributed by atoms with van der Waals surface area (Å²) in [5, 5.41) is 0.492. The molecular weight excluding hydrogens is 256 g/mol. The van der Waals surface area contributed by atoms with Gasteiger partial charge in [-0.15, -0.1) is 0 Å². The molecule has 0 aliphatic rings. The van der Waals surface area contributed by atoms with Crippen molar-refractivity contribution in [3.8, 4) is 0 Å². The average molecular weight is 262 g/mol. The van der Waals surface area contributed by atoms with Crippen LogP contribution in [0.3, 0.4) is 0 Å². The Bertz CT molecular complexity index is 495. The molecule has 0 saturated carbocycles. The van der Waals surface area contributed by atoms with E-state index in [2.05, 4.69) is 15.9 Å². The molecule has 0 radical (unpaired) electrons. The number of hydrogen-bond donors (Lipinski definition) is 1. The van der Waals surface area contributed by atoms with Crippen LogP contribution in [0.1, 0.15) is 5.56 Å². The van der Waals surface area contributed by atoms with Crippen LogP contribution in [0.5, 0.6) is 0 Å². The predicted molar refractivity (Wildman–Crippen MR) is 51.7 cm³/mol. The fraction of sp³-hybridized carbons (Fsp3) is 0.111. The molecule has 0 aliphatic heterocycles. The third-order valence-electron chi connectivity index (χ3n) is 1.99. The number of nitrogens with two attached hydrogens (primary N) is 1. The minimum absolute atomic E-state index is 0.0997. The Morgan fingerprint density at radius 2 is 2.14 bits per heavy atom. The topological polar surface area (TPSA) is 39.2 Å². The number of halogens is 3. The molecular formula is C9H6BrF2NO. The van der Waals surface area contributed by atoms with Gasteiger partial charge in [0.1, 0.15) is 0 Å². The third kappa shape index (κ3) is 1.24. The Morgan fingerprint density at radius 1 is 1.43 bits per heavy atom. The van der Waals surface area contributed by atoms with Crippen LogP contribution in [0.25, 0.3) is 11.0 Å². The fourth-order valence-electron chi connectivity index (χ4n) is 1.32. The van der Waals surface area contributed by atoms with E-state index >= 15 is 0 Å². The third-order valence-corrected chi connectivity index (χ3v) is 2.61. The second-order valence-corrected chi connectivity index (χ2v) is 3.68. The van der Waals surface area contributed by atoms with Crippen molar-refractivity contribution < 1.29 is 13.2 Å². The lowest BCUT2D eigenvalue weighted by Crippen LogP contribution is -1.95. The maximum atomic E-state index is 13.2. The summed E-state index contributed by atoms with van der Waals surface area (Å²) < 4.78 is 31.5. The minimum Gasteiger partial charge on any atom is -0.461 e. The van der Waals surface area contributed by atoms with Gasteiger partial charge in [0.2, 0.25) is 5.82 Å². The van der Waals surface area contributed by atoms with Crippen molar-refractivity contribution in [2.45, 2.75) is 6.54 Å². The molecule has 0 bridgehead atoms.